The SMILES string of the molecule is C=C1C(O)CC2C(C)(C)CCCC2(C)C1C=CC1=CCOC1=O. The summed E-state index contributed by atoms with van der Waals surface area (Å²) in [6.07, 6.45) is 9.67. The second-order valence-corrected chi connectivity index (χ2v) is 8.32. The fourth-order valence-electron chi connectivity index (χ4n) is 5.19. The number of aliphatic hydroxyl groups is 1. The van der Waals surface area contributed by atoms with Crippen molar-refractivity contribution in [3.05, 3.63) is 36.0 Å². The maximum atomic E-state index is 11.6. The van der Waals surface area contributed by atoms with E-state index in [4.69, 9.17) is 4.74 Å². The molecular formula is C20H28O3. The van der Waals surface area contributed by atoms with Crippen LogP contribution in [0.4, 0.5) is 0 Å². The third-order valence-corrected chi connectivity index (χ3v) is 6.49. The average Bonchev–Trinajstić information content (AvgIpc) is 2.87. The Morgan fingerprint density at radius 2 is 2.09 bits per heavy atom. The molecule has 0 spiro atoms. The van der Waals surface area contributed by atoms with Crippen molar-refractivity contribution in [1.82, 2.24) is 0 Å². The zero-order valence-electron chi connectivity index (χ0n) is 14.5. The van der Waals surface area contributed by atoms with Crippen molar-refractivity contribution in [3.63, 3.8) is 0 Å². The second-order valence-electron chi connectivity index (χ2n) is 8.32. The molecule has 1 heterocycles. The lowest BCUT2D eigenvalue weighted by atomic mass is 9.47. The third kappa shape index (κ3) is 2.69. The van der Waals surface area contributed by atoms with E-state index in [-0.39, 0.29) is 22.7 Å². The van der Waals surface area contributed by atoms with E-state index in [9.17, 15) is 9.90 Å². The predicted molar refractivity (Wildman–Crippen MR) is 90.7 cm³/mol. The van der Waals surface area contributed by atoms with Gasteiger partial charge in [0, 0.05) is 5.92 Å². The lowest BCUT2D eigenvalue weighted by Gasteiger charge is -2.58. The largest absolute Gasteiger partial charge is 0.458 e. The lowest BCUT2D eigenvalue weighted by Crippen LogP contribution is -2.52. The zero-order valence-corrected chi connectivity index (χ0v) is 14.5. The maximum absolute atomic E-state index is 11.6. The molecule has 0 radical (unpaired) electrons. The van der Waals surface area contributed by atoms with Crippen molar-refractivity contribution in [1.29, 1.82) is 0 Å². The van der Waals surface area contributed by atoms with Crippen LogP contribution < -0.4 is 0 Å². The van der Waals surface area contributed by atoms with Gasteiger partial charge in [-0.1, -0.05) is 45.9 Å². The second kappa shape index (κ2) is 5.62. The van der Waals surface area contributed by atoms with Crippen molar-refractivity contribution in [2.45, 2.75) is 52.6 Å². The molecule has 23 heavy (non-hydrogen) atoms. The smallest absolute Gasteiger partial charge is 0.338 e. The molecule has 1 N–H and O–H groups in total. The minimum absolute atomic E-state index is 0.0949. The van der Waals surface area contributed by atoms with Gasteiger partial charge < -0.3 is 9.84 Å². The number of ether oxygens (including phenoxy) is 1. The van der Waals surface area contributed by atoms with E-state index in [0.29, 0.717) is 18.1 Å². The van der Waals surface area contributed by atoms with Gasteiger partial charge in [-0.05, 0) is 47.7 Å². The van der Waals surface area contributed by atoms with Crippen molar-refractivity contribution < 1.29 is 14.6 Å². The summed E-state index contributed by atoms with van der Waals surface area (Å²) < 4.78 is 4.96. The van der Waals surface area contributed by atoms with E-state index in [1.807, 2.05) is 12.2 Å². The summed E-state index contributed by atoms with van der Waals surface area (Å²) in [7, 11) is 0. The van der Waals surface area contributed by atoms with Crippen LogP contribution in [0, 0.1) is 22.7 Å². The highest BCUT2D eigenvalue weighted by Crippen LogP contribution is 2.61. The molecule has 4 unspecified atom stereocenters. The van der Waals surface area contributed by atoms with Gasteiger partial charge in [0.15, 0.2) is 0 Å². The molecule has 0 bridgehead atoms. The molecule has 1 aliphatic heterocycles. The third-order valence-electron chi connectivity index (χ3n) is 6.49. The number of hydrogen-bond donors (Lipinski definition) is 1. The van der Waals surface area contributed by atoms with E-state index in [0.717, 1.165) is 18.4 Å². The molecule has 3 nitrogen and oxygen atoms in total. The van der Waals surface area contributed by atoms with Crippen LogP contribution in [0.5, 0.6) is 0 Å². The van der Waals surface area contributed by atoms with Crippen molar-refractivity contribution >= 4 is 5.97 Å². The highest BCUT2D eigenvalue weighted by atomic mass is 16.5. The number of fused-ring (bicyclic) bond motifs is 1. The first-order valence-corrected chi connectivity index (χ1v) is 8.68. The van der Waals surface area contributed by atoms with Crippen LogP contribution in [-0.2, 0) is 9.53 Å². The maximum Gasteiger partial charge on any atom is 0.338 e. The number of esters is 1. The molecular weight excluding hydrogens is 288 g/mol. The molecule has 4 atom stereocenters. The monoisotopic (exact) mass is 316 g/mol. The molecule has 0 aromatic rings. The molecule has 3 aliphatic rings. The van der Waals surface area contributed by atoms with Gasteiger partial charge in [0.25, 0.3) is 0 Å². The van der Waals surface area contributed by atoms with Crippen molar-refractivity contribution in [2.24, 2.45) is 22.7 Å². The Morgan fingerprint density at radius 3 is 2.74 bits per heavy atom. The summed E-state index contributed by atoms with van der Waals surface area (Å²) in [5.74, 6) is 0.308. The minimum atomic E-state index is -0.454. The normalized spacial score (nSPS) is 40.0. The summed E-state index contributed by atoms with van der Waals surface area (Å²) in [4.78, 5) is 11.6. The molecule has 3 heteroatoms. The van der Waals surface area contributed by atoms with Crippen LogP contribution in [0.15, 0.2) is 36.0 Å². The number of carbonyl (C=O) groups excluding carboxylic acids is 1. The lowest BCUT2D eigenvalue weighted by molar-refractivity contribution is -0.135. The van der Waals surface area contributed by atoms with E-state index < -0.39 is 6.10 Å². The fourth-order valence-corrected chi connectivity index (χ4v) is 5.19. The Bertz CT molecular complexity index is 584. The van der Waals surface area contributed by atoms with E-state index in [2.05, 4.69) is 33.4 Å². The molecule has 0 aromatic carbocycles. The Balaban J connectivity index is 1.94. The first-order valence-electron chi connectivity index (χ1n) is 8.68. The van der Waals surface area contributed by atoms with Crippen LogP contribution in [0.25, 0.3) is 0 Å². The Morgan fingerprint density at radius 1 is 1.35 bits per heavy atom. The number of allylic oxidation sites excluding steroid dienone is 1. The molecule has 2 saturated carbocycles. The van der Waals surface area contributed by atoms with Crippen LogP contribution in [-0.4, -0.2) is 23.8 Å². The van der Waals surface area contributed by atoms with Gasteiger partial charge in [0.05, 0.1) is 11.7 Å². The topological polar surface area (TPSA) is 46.5 Å². The quantitative estimate of drug-likeness (QED) is 0.623. The molecule has 0 amide bonds. The Hall–Kier alpha value is -1.35. The summed E-state index contributed by atoms with van der Waals surface area (Å²) in [6.45, 7) is 11.5. The van der Waals surface area contributed by atoms with Crippen LogP contribution >= 0.6 is 0 Å². The molecule has 0 aromatic heterocycles. The minimum Gasteiger partial charge on any atom is -0.458 e. The molecule has 2 aliphatic carbocycles. The summed E-state index contributed by atoms with van der Waals surface area (Å²) in [6, 6.07) is 0. The van der Waals surface area contributed by atoms with E-state index >= 15 is 0 Å². The van der Waals surface area contributed by atoms with Crippen LogP contribution in [0.1, 0.15) is 46.5 Å². The molecule has 3 rings (SSSR count). The first-order chi connectivity index (χ1) is 10.8. The number of cyclic esters (lactones) is 1. The van der Waals surface area contributed by atoms with Gasteiger partial charge in [0.1, 0.15) is 6.61 Å². The van der Waals surface area contributed by atoms with Crippen molar-refractivity contribution in [3.8, 4) is 0 Å². The summed E-state index contributed by atoms with van der Waals surface area (Å²) in [5.41, 5.74) is 1.84. The average molecular weight is 316 g/mol. The predicted octanol–water partition coefficient (Wildman–Crippen LogP) is 3.80. The number of hydrogen-bond acceptors (Lipinski definition) is 3. The Labute approximate surface area is 139 Å². The van der Waals surface area contributed by atoms with Gasteiger partial charge in [-0.25, -0.2) is 4.79 Å². The van der Waals surface area contributed by atoms with Gasteiger partial charge in [-0.2, -0.15) is 0 Å². The van der Waals surface area contributed by atoms with Gasteiger partial charge >= 0.3 is 5.97 Å². The fraction of sp³-hybridized carbons (Fsp3) is 0.650. The van der Waals surface area contributed by atoms with Gasteiger partial charge in [-0.15, -0.1) is 0 Å². The van der Waals surface area contributed by atoms with Crippen LogP contribution in [0.2, 0.25) is 0 Å². The standard InChI is InChI=1S/C20H28O3/c1-13-15(7-6-14-8-11-23-18(14)22)20(4)10-5-9-19(2,3)17(20)12-16(13)21/h6-8,15-17,21H,1,5,9-12H2,2-4H3. The molecule has 2 fully saturated rings. The summed E-state index contributed by atoms with van der Waals surface area (Å²) >= 11 is 0. The van der Waals surface area contributed by atoms with E-state index in [1.165, 1.54) is 12.8 Å². The zero-order chi connectivity index (χ0) is 16.8. The highest BCUT2D eigenvalue weighted by Gasteiger charge is 2.54. The van der Waals surface area contributed by atoms with Gasteiger partial charge in [-0.3, -0.25) is 0 Å². The number of carbonyl (C=O) groups is 1. The van der Waals surface area contributed by atoms with Crippen LogP contribution in [0.3, 0.4) is 0 Å². The van der Waals surface area contributed by atoms with Gasteiger partial charge in [0.2, 0.25) is 0 Å². The number of rotatable bonds is 2. The molecule has 0 saturated heterocycles. The molecule has 126 valence electrons. The van der Waals surface area contributed by atoms with Crippen molar-refractivity contribution in [2.75, 3.05) is 6.61 Å². The highest BCUT2D eigenvalue weighted by molar-refractivity contribution is 5.93. The van der Waals surface area contributed by atoms with E-state index in [1.54, 1.807) is 0 Å². The Kier molecular flexibility index (Phi) is 4.04. The first kappa shape index (κ1) is 16.5. The summed E-state index contributed by atoms with van der Waals surface area (Å²) in [5, 5.41) is 10.5. The number of aliphatic hydroxyl groups excluding tert-OH is 1.